The molecule has 0 aliphatic rings. The molecule has 1 N–H and O–H groups in total. The van der Waals surface area contributed by atoms with Gasteiger partial charge >= 0.3 is 0 Å². The van der Waals surface area contributed by atoms with Crippen molar-refractivity contribution in [3.8, 4) is 0 Å². The summed E-state index contributed by atoms with van der Waals surface area (Å²) in [5, 5.41) is 3.03. The van der Waals surface area contributed by atoms with Crippen molar-refractivity contribution in [2.75, 3.05) is 18.6 Å². The number of sulfone groups is 1. The van der Waals surface area contributed by atoms with Gasteiger partial charge in [0.25, 0.3) is 0 Å². The minimum Gasteiger partial charge on any atom is -0.334 e. The third-order valence-electron chi connectivity index (χ3n) is 2.43. The Bertz CT molecular complexity index is 411. The van der Waals surface area contributed by atoms with Crippen LogP contribution in [0.15, 0.2) is 12.4 Å². The first-order chi connectivity index (χ1) is 7.59. The van der Waals surface area contributed by atoms with E-state index < -0.39 is 9.84 Å². The Labute approximate surface area is 96.8 Å². The highest BCUT2D eigenvalue weighted by atomic mass is 32.2. The molecule has 0 atom stereocenters. The molecule has 0 aliphatic heterocycles. The van der Waals surface area contributed by atoms with Crippen molar-refractivity contribution in [1.29, 1.82) is 0 Å². The van der Waals surface area contributed by atoms with Crippen LogP contribution in [-0.2, 0) is 22.9 Å². The van der Waals surface area contributed by atoms with E-state index in [4.69, 9.17) is 0 Å². The second kappa shape index (κ2) is 6.00. The maximum atomic E-state index is 11.3. The summed E-state index contributed by atoms with van der Waals surface area (Å²) in [6.07, 6.45) is 4.26. The molecule has 0 amide bonds. The molecule has 0 saturated heterocycles. The number of nitrogens with zero attached hydrogens (tertiary/aromatic N) is 2. The van der Waals surface area contributed by atoms with Gasteiger partial charge in [0.1, 0.15) is 15.7 Å². The van der Waals surface area contributed by atoms with Crippen molar-refractivity contribution in [2.24, 2.45) is 0 Å². The maximum Gasteiger partial charge on any atom is 0.150 e. The molecule has 0 aliphatic carbocycles. The van der Waals surface area contributed by atoms with Gasteiger partial charge in [-0.15, -0.1) is 0 Å². The number of aromatic nitrogens is 2. The van der Waals surface area contributed by atoms with E-state index in [-0.39, 0.29) is 11.5 Å². The maximum absolute atomic E-state index is 11.3. The van der Waals surface area contributed by atoms with Gasteiger partial charge in [0, 0.05) is 24.7 Å². The molecular formula is C10H19N3O2S. The lowest BCUT2D eigenvalue weighted by molar-refractivity contribution is 0.579. The molecule has 0 aromatic carbocycles. The van der Waals surface area contributed by atoms with E-state index in [1.165, 1.54) is 0 Å². The third-order valence-corrected chi connectivity index (χ3v) is 4.22. The molecule has 0 radical (unpaired) electrons. The van der Waals surface area contributed by atoms with E-state index in [2.05, 4.69) is 10.3 Å². The number of aryl methyl sites for hydroxylation is 1. The number of nitrogens with one attached hydrogen (secondary N) is 1. The number of hydrogen-bond donors (Lipinski definition) is 1. The van der Waals surface area contributed by atoms with Gasteiger partial charge in [0.15, 0.2) is 0 Å². The monoisotopic (exact) mass is 245 g/mol. The van der Waals surface area contributed by atoms with Crippen LogP contribution in [0, 0.1) is 0 Å². The van der Waals surface area contributed by atoms with Crippen LogP contribution in [0.3, 0.4) is 0 Å². The van der Waals surface area contributed by atoms with Crippen LogP contribution in [-0.4, -0.2) is 36.5 Å². The molecule has 0 spiro atoms. The molecule has 6 heteroatoms. The normalized spacial score (nSPS) is 11.9. The first-order valence-electron chi connectivity index (χ1n) is 5.44. The van der Waals surface area contributed by atoms with Crippen molar-refractivity contribution >= 4 is 9.84 Å². The average Bonchev–Trinajstić information content (AvgIpc) is 2.66. The summed E-state index contributed by atoms with van der Waals surface area (Å²) in [4.78, 5) is 4.19. The Hall–Kier alpha value is -0.880. The van der Waals surface area contributed by atoms with E-state index in [0.29, 0.717) is 19.5 Å². The molecule has 0 unspecified atom stereocenters. The second-order valence-corrected chi connectivity index (χ2v) is 6.13. The molecule has 0 fully saturated rings. The lowest BCUT2D eigenvalue weighted by Crippen LogP contribution is -2.15. The van der Waals surface area contributed by atoms with Gasteiger partial charge in [-0.2, -0.15) is 0 Å². The zero-order chi connectivity index (χ0) is 12.0. The van der Waals surface area contributed by atoms with Gasteiger partial charge in [0.05, 0.1) is 12.3 Å². The second-order valence-electron chi connectivity index (χ2n) is 3.66. The molecule has 1 rings (SSSR count). The summed E-state index contributed by atoms with van der Waals surface area (Å²) in [5.41, 5.74) is 0. The summed E-state index contributed by atoms with van der Waals surface area (Å²) in [6, 6.07) is 0. The zero-order valence-electron chi connectivity index (χ0n) is 9.81. The summed E-state index contributed by atoms with van der Waals surface area (Å²) < 4.78 is 24.6. The van der Waals surface area contributed by atoms with Crippen LogP contribution in [0.2, 0.25) is 0 Å². The quantitative estimate of drug-likeness (QED) is 0.756. The van der Waals surface area contributed by atoms with Crippen LogP contribution in [0.1, 0.15) is 19.2 Å². The van der Waals surface area contributed by atoms with Gasteiger partial charge in [0.2, 0.25) is 0 Å². The molecule has 1 aromatic rings. The summed E-state index contributed by atoms with van der Waals surface area (Å²) in [6.45, 7) is 3.09. The van der Waals surface area contributed by atoms with Gasteiger partial charge < -0.3 is 9.88 Å². The summed E-state index contributed by atoms with van der Waals surface area (Å²) in [5.74, 6) is 1.41. The van der Waals surface area contributed by atoms with Gasteiger partial charge in [-0.3, -0.25) is 0 Å². The van der Waals surface area contributed by atoms with E-state index in [9.17, 15) is 8.42 Å². The fourth-order valence-electron chi connectivity index (χ4n) is 1.47. The number of rotatable bonds is 7. The van der Waals surface area contributed by atoms with E-state index in [0.717, 1.165) is 5.82 Å². The van der Waals surface area contributed by atoms with E-state index in [1.807, 2.05) is 17.8 Å². The average molecular weight is 245 g/mol. The lowest BCUT2D eigenvalue weighted by atomic mass is 10.4. The Balaban J connectivity index is 2.46. The fourth-order valence-corrected chi connectivity index (χ4v) is 2.33. The molecule has 1 aromatic heterocycles. The SMILES string of the molecule is CCS(=O)(=O)CCCn1ccnc1CNC. The van der Waals surface area contributed by atoms with E-state index >= 15 is 0 Å². The minimum absolute atomic E-state index is 0.223. The third kappa shape index (κ3) is 3.94. The van der Waals surface area contributed by atoms with Crippen molar-refractivity contribution in [3.63, 3.8) is 0 Å². The first kappa shape index (κ1) is 13.2. The summed E-state index contributed by atoms with van der Waals surface area (Å²) >= 11 is 0. The van der Waals surface area contributed by atoms with Crippen LogP contribution >= 0.6 is 0 Å². The minimum atomic E-state index is -2.85. The predicted octanol–water partition coefficient (Wildman–Crippen LogP) is 0.427. The van der Waals surface area contributed by atoms with Crippen molar-refractivity contribution in [1.82, 2.24) is 14.9 Å². The van der Waals surface area contributed by atoms with Gasteiger partial charge in [-0.05, 0) is 13.5 Å². The Morgan fingerprint density at radius 2 is 2.25 bits per heavy atom. The van der Waals surface area contributed by atoms with Crippen LogP contribution < -0.4 is 5.32 Å². The Morgan fingerprint density at radius 3 is 2.88 bits per heavy atom. The Kier molecular flexibility index (Phi) is 4.95. The topological polar surface area (TPSA) is 64.0 Å². The first-order valence-corrected chi connectivity index (χ1v) is 7.26. The van der Waals surface area contributed by atoms with Gasteiger partial charge in [-0.1, -0.05) is 6.92 Å². The molecule has 5 nitrogen and oxygen atoms in total. The summed E-state index contributed by atoms with van der Waals surface area (Å²) in [7, 11) is -0.986. The predicted molar refractivity (Wildman–Crippen MR) is 63.9 cm³/mol. The highest BCUT2D eigenvalue weighted by molar-refractivity contribution is 7.91. The van der Waals surface area contributed by atoms with Crippen molar-refractivity contribution in [3.05, 3.63) is 18.2 Å². The highest BCUT2D eigenvalue weighted by Crippen LogP contribution is 2.01. The standard InChI is InChI=1S/C10H19N3O2S/c1-3-16(14,15)8-4-6-13-7-5-12-10(13)9-11-2/h5,7,11H,3-4,6,8-9H2,1-2H3. The van der Waals surface area contributed by atoms with Crippen LogP contribution in [0.4, 0.5) is 0 Å². The van der Waals surface area contributed by atoms with Crippen molar-refractivity contribution in [2.45, 2.75) is 26.4 Å². The number of hydrogen-bond acceptors (Lipinski definition) is 4. The molecule has 16 heavy (non-hydrogen) atoms. The molecule has 92 valence electrons. The lowest BCUT2D eigenvalue weighted by Gasteiger charge is -2.07. The number of imidazole rings is 1. The van der Waals surface area contributed by atoms with Gasteiger partial charge in [-0.25, -0.2) is 13.4 Å². The van der Waals surface area contributed by atoms with Crippen molar-refractivity contribution < 1.29 is 8.42 Å². The fraction of sp³-hybridized carbons (Fsp3) is 0.700. The smallest absolute Gasteiger partial charge is 0.150 e. The highest BCUT2D eigenvalue weighted by Gasteiger charge is 2.07. The molecular weight excluding hydrogens is 226 g/mol. The van der Waals surface area contributed by atoms with Crippen LogP contribution in [0.5, 0.6) is 0 Å². The van der Waals surface area contributed by atoms with E-state index in [1.54, 1.807) is 13.1 Å². The van der Waals surface area contributed by atoms with Crippen LogP contribution in [0.25, 0.3) is 0 Å². The Morgan fingerprint density at radius 1 is 1.50 bits per heavy atom. The zero-order valence-corrected chi connectivity index (χ0v) is 10.6. The largest absolute Gasteiger partial charge is 0.334 e. The molecule has 0 bridgehead atoms. The molecule has 0 saturated carbocycles. The molecule has 1 heterocycles.